The Morgan fingerprint density at radius 1 is 1.16 bits per heavy atom. The van der Waals surface area contributed by atoms with Crippen molar-refractivity contribution in [3.63, 3.8) is 0 Å². The fourth-order valence-electron chi connectivity index (χ4n) is 5.11. The average molecular weight is 475 g/mol. The molecular weight excluding hydrogens is 443 g/mol. The molecule has 0 saturated carbocycles. The van der Waals surface area contributed by atoms with Crippen molar-refractivity contribution in [2.75, 3.05) is 33.2 Å². The van der Waals surface area contributed by atoms with E-state index in [-0.39, 0.29) is 17.4 Å². The summed E-state index contributed by atoms with van der Waals surface area (Å²) >= 11 is 12.4. The van der Waals surface area contributed by atoms with Gasteiger partial charge in [0.15, 0.2) is 0 Å². The van der Waals surface area contributed by atoms with Gasteiger partial charge in [0.2, 0.25) is 5.91 Å². The largest absolute Gasteiger partial charge is 0.365 e. The number of nitrogens with zero attached hydrogens (tertiary/aromatic N) is 2. The van der Waals surface area contributed by atoms with E-state index in [1.54, 1.807) is 0 Å². The Hall–Kier alpha value is -1.59. The van der Waals surface area contributed by atoms with Crippen LogP contribution in [-0.4, -0.2) is 48.9 Å². The summed E-state index contributed by atoms with van der Waals surface area (Å²) in [6.07, 6.45) is 3.52. The first-order valence-corrected chi connectivity index (χ1v) is 12.3. The van der Waals surface area contributed by atoms with Crippen molar-refractivity contribution in [2.45, 2.75) is 50.7 Å². The number of likely N-dealkylation sites (tertiary alicyclic amines) is 1. The molecule has 6 heteroatoms. The topological polar surface area (TPSA) is 32.8 Å². The molecule has 172 valence electrons. The van der Waals surface area contributed by atoms with Crippen molar-refractivity contribution in [1.29, 1.82) is 0 Å². The number of hydrogen-bond acceptors (Lipinski definition) is 3. The molecule has 1 unspecified atom stereocenters. The van der Waals surface area contributed by atoms with Crippen LogP contribution in [0.2, 0.25) is 10.0 Å². The van der Waals surface area contributed by atoms with Crippen molar-refractivity contribution >= 4 is 29.1 Å². The number of carbonyl (C=O) groups excluding carboxylic acids is 1. The van der Waals surface area contributed by atoms with Crippen LogP contribution in [0.1, 0.15) is 55.2 Å². The maximum absolute atomic E-state index is 12.2. The summed E-state index contributed by atoms with van der Waals surface area (Å²) in [4.78, 5) is 16.6. The van der Waals surface area contributed by atoms with Gasteiger partial charge in [0.1, 0.15) is 0 Å². The highest BCUT2D eigenvalue weighted by molar-refractivity contribution is 6.42. The van der Waals surface area contributed by atoms with Crippen molar-refractivity contribution < 1.29 is 9.53 Å². The van der Waals surface area contributed by atoms with E-state index in [2.05, 4.69) is 29.2 Å². The highest BCUT2D eigenvalue weighted by Crippen LogP contribution is 2.44. The molecule has 0 aromatic heterocycles. The third kappa shape index (κ3) is 4.99. The molecule has 2 aromatic rings. The second kappa shape index (κ2) is 10.1. The monoisotopic (exact) mass is 474 g/mol. The lowest BCUT2D eigenvalue weighted by atomic mass is 9.83. The van der Waals surface area contributed by atoms with Crippen LogP contribution in [0.15, 0.2) is 42.5 Å². The molecule has 32 heavy (non-hydrogen) atoms. The zero-order valence-electron chi connectivity index (χ0n) is 18.9. The molecule has 1 atom stereocenters. The van der Waals surface area contributed by atoms with Crippen molar-refractivity contribution in [2.24, 2.45) is 0 Å². The number of rotatable bonds is 7. The SMILES string of the molecule is CCC(=O)N(C)CC(CCN1CCC2(CC1)OCc1ccccc12)c1ccc(Cl)c(Cl)c1. The third-order valence-electron chi connectivity index (χ3n) is 7.11. The summed E-state index contributed by atoms with van der Waals surface area (Å²) in [6.45, 7) is 6.33. The van der Waals surface area contributed by atoms with Gasteiger partial charge in [0.25, 0.3) is 0 Å². The minimum absolute atomic E-state index is 0.107. The molecule has 4 rings (SSSR count). The lowest BCUT2D eigenvalue weighted by Gasteiger charge is -2.39. The molecule has 0 aliphatic carbocycles. The van der Waals surface area contributed by atoms with Gasteiger partial charge in [-0.05, 0) is 54.6 Å². The fourth-order valence-corrected chi connectivity index (χ4v) is 5.41. The maximum Gasteiger partial charge on any atom is 0.222 e. The first kappa shape index (κ1) is 23.6. The predicted octanol–water partition coefficient (Wildman–Crippen LogP) is 5.86. The van der Waals surface area contributed by atoms with Gasteiger partial charge in [-0.2, -0.15) is 0 Å². The van der Waals surface area contributed by atoms with Crippen molar-refractivity contribution in [3.8, 4) is 0 Å². The first-order valence-electron chi connectivity index (χ1n) is 11.6. The number of halogens is 2. The number of carbonyl (C=O) groups is 1. The van der Waals surface area contributed by atoms with Gasteiger partial charge in [-0.25, -0.2) is 0 Å². The van der Waals surface area contributed by atoms with E-state index in [0.717, 1.165) is 51.1 Å². The molecule has 1 fully saturated rings. The Bertz CT molecular complexity index is 957. The number of piperidine rings is 1. The molecule has 2 heterocycles. The van der Waals surface area contributed by atoms with Crippen LogP contribution in [0.4, 0.5) is 0 Å². The van der Waals surface area contributed by atoms with Crippen LogP contribution in [0.25, 0.3) is 0 Å². The standard InChI is InChI=1S/C26H32Cl2N2O2/c1-3-25(31)29(2)17-20(19-8-9-23(27)24(28)16-19)10-13-30-14-11-26(12-15-30)22-7-5-4-6-21(22)18-32-26/h4-9,16,20H,3,10-15,17-18H2,1-2H3. The van der Waals surface area contributed by atoms with Gasteiger partial charge in [-0.15, -0.1) is 0 Å². The number of likely N-dealkylation sites (N-methyl/N-ethyl adjacent to an activating group) is 1. The van der Waals surface area contributed by atoms with Gasteiger partial charge < -0.3 is 14.5 Å². The van der Waals surface area contributed by atoms with E-state index in [4.69, 9.17) is 27.9 Å². The van der Waals surface area contributed by atoms with Gasteiger partial charge in [-0.3, -0.25) is 4.79 Å². The minimum atomic E-state index is -0.107. The van der Waals surface area contributed by atoms with Crippen LogP contribution in [0.3, 0.4) is 0 Å². The van der Waals surface area contributed by atoms with E-state index < -0.39 is 0 Å². The summed E-state index contributed by atoms with van der Waals surface area (Å²) in [7, 11) is 1.88. The highest BCUT2D eigenvalue weighted by Gasteiger charge is 2.42. The predicted molar refractivity (Wildman–Crippen MR) is 130 cm³/mol. The average Bonchev–Trinajstić information content (AvgIpc) is 3.17. The van der Waals surface area contributed by atoms with Gasteiger partial charge in [0.05, 0.1) is 22.3 Å². The maximum atomic E-state index is 12.2. The summed E-state index contributed by atoms with van der Waals surface area (Å²) in [6, 6.07) is 14.5. The number of amides is 1. The van der Waals surface area contributed by atoms with Crippen molar-refractivity contribution in [1.82, 2.24) is 9.80 Å². The van der Waals surface area contributed by atoms with Crippen LogP contribution >= 0.6 is 23.2 Å². The van der Waals surface area contributed by atoms with E-state index in [1.807, 2.05) is 37.1 Å². The molecule has 2 aliphatic heterocycles. The fraction of sp³-hybridized carbons (Fsp3) is 0.500. The molecule has 0 bridgehead atoms. The summed E-state index contributed by atoms with van der Waals surface area (Å²) in [5, 5.41) is 1.13. The smallest absolute Gasteiger partial charge is 0.222 e. The summed E-state index contributed by atoms with van der Waals surface area (Å²) in [5.74, 6) is 0.372. The van der Waals surface area contributed by atoms with E-state index in [9.17, 15) is 4.79 Å². The second-order valence-corrected chi connectivity index (χ2v) is 9.88. The molecule has 1 saturated heterocycles. The van der Waals surface area contributed by atoms with Gasteiger partial charge >= 0.3 is 0 Å². The van der Waals surface area contributed by atoms with E-state index in [1.165, 1.54) is 11.1 Å². The van der Waals surface area contributed by atoms with Gasteiger partial charge in [0, 0.05) is 39.0 Å². The lowest BCUT2D eigenvalue weighted by Crippen LogP contribution is -2.43. The second-order valence-electron chi connectivity index (χ2n) is 9.07. The Kier molecular flexibility index (Phi) is 7.46. The first-order chi connectivity index (χ1) is 15.4. The van der Waals surface area contributed by atoms with Crippen molar-refractivity contribution in [3.05, 3.63) is 69.2 Å². The molecule has 2 aromatic carbocycles. The Labute approximate surface area is 201 Å². The molecule has 0 N–H and O–H groups in total. The molecule has 1 spiro atoms. The third-order valence-corrected chi connectivity index (χ3v) is 7.85. The minimum Gasteiger partial charge on any atom is -0.365 e. The van der Waals surface area contributed by atoms with E-state index in [0.29, 0.717) is 23.0 Å². The van der Waals surface area contributed by atoms with Crippen LogP contribution in [0.5, 0.6) is 0 Å². The molecule has 4 nitrogen and oxygen atoms in total. The normalized spacial score (nSPS) is 18.5. The number of ether oxygens (including phenoxy) is 1. The molecular formula is C26H32Cl2N2O2. The summed E-state index contributed by atoms with van der Waals surface area (Å²) < 4.78 is 6.31. The quantitative estimate of drug-likeness (QED) is 0.503. The highest BCUT2D eigenvalue weighted by atomic mass is 35.5. The number of fused-ring (bicyclic) bond motifs is 2. The number of benzene rings is 2. The summed E-state index contributed by atoms with van der Waals surface area (Å²) in [5.41, 5.74) is 3.75. The molecule has 0 radical (unpaired) electrons. The van der Waals surface area contributed by atoms with Crippen LogP contribution in [-0.2, 0) is 21.7 Å². The van der Waals surface area contributed by atoms with Gasteiger partial charge in [-0.1, -0.05) is 60.5 Å². The Balaban J connectivity index is 1.40. The Morgan fingerprint density at radius 3 is 2.62 bits per heavy atom. The van der Waals surface area contributed by atoms with Crippen LogP contribution < -0.4 is 0 Å². The number of hydrogen-bond donors (Lipinski definition) is 0. The van der Waals surface area contributed by atoms with E-state index >= 15 is 0 Å². The zero-order chi connectivity index (χ0) is 22.7. The molecule has 2 aliphatic rings. The Morgan fingerprint density at radius 2 is 1.91 bits per heavy atom. The molecule has 1 amide bonds. The zero-order valence-corrected chi connectivity index (χ0v) is 20.5. The van der Waals surface area contributed by atoms with Crippen LogP contribution in [0, 0.1) is 0 Å². The lowest BCUT2D eigenvalue weighted by molar-refractivity contribution is -0.129.